The lowest BCUT2D eigenvalue weighted by molar-refractivity contribution is 0.0730. The molecule has 7 nitrogen and oxygen atoms in total. The largest absolute Gasteiger partial charge is 0.494 e. The highest BCUT2D eigenvalue weighted by Crippen LogP contribution is 2.39. The van der Waals surface area contributed by atoms with Crippen molar-refractivity contribution in [3.8, 4) is 17.2 Å². The van der Waals surface area contributed by atoms with Crippen LogP contribution in [0.25, 0.3) is 11.0 Å². The normalized spacial score (nSPS) is 14.5. The van der Waals surface area contributed by atoms with Gasteiger partial charge in [-0.3, -0.25) is 9.59 Å². The molecule has 0 bridgehead atoms. The molecular weight excluding hydrogens is 494 g/mol. The smallest absolute Gasteiger partial charge is 0.290 e. The molecule has 3 aromatic carbocycles. The van der Waals surface area contributed by atoms with Gasteiger partial charge in [0, 0.05) is 6.54 Å². The zero-order valence-corrected chi connectivity index (χ0v) is 22.8. The summed E-state index contributed by atoms with van der Waals surface area (Å²) >= 11 is 0. The molecule has 1 unspecified atom stereocenters. The van der Waals surface area contributed by atoms with Crippen LogP contribution >= 0.6 is 0 Å². The van der Waals surface area contributed by atoms with E-state index in [-0.39, 0.29) is 17.1 Å². The molecule has 1 atom stereocenters. The molecule has 0 saturated heterocycles. The molecule has 7 heteroatoms. The van der Waals surface area contributed by atoms with Gasteiger partial charge in [-0.2, -0.15) is 0 Å². The number of benzene rings is 3. The Morgan fingerprint density at radius 1 is 0.923 bits per heavy atom. The summed E-state index contributed by atoms with van der Waals surface area (Å²) in [5, 5.41) is 0.479. The molecule has 0 fully saturated rings. The summed E-state index contributed by atoms with van der Waals surface area (Å²) in [6.45, 7) is 5.08. The molecule has 39 heavy (non-hydrogen) atoms. The zero-order valence-electron chi connectivity index (χ0n) is 22.8. The Hall–Kier alpha value is -4.26. The summed E-state index contributed by atoms with van der Waals surface area (Å²) < 4.78 is 22.7. The van der Waals surface area contributed by atoms with Gasteiger partial charge in [0.2, 0.25) is 5.76 Å². The Morgan fingerprint density at radius 2 is 1.69 bits per heavy atom. The van der Waals surface area contributed by atoms with Gasteiger partial charge in [0.1, 0.15) is 11.3 Å². The van der Waals surface area contributed by atoms with Crippen LogP contribution in [0.4, 0.5) is 0 Å². The number of hydrogen-bond donors (Lipinski definition) is 0. The molecule has 0 radical (unpaired) electrons. The molecule has 2 heterocycles. The number of hydrogen-bond acceptors (Lipinski definition) is 6. The highest BCUT2D eigenvalue weighted by molar-refractivity contribution is 5.99. The predicted octanol–water partition coefficient (Wildman–Crippen LogP) is 6.09. The second-order valence-corrected chi connectivity index (χ2v) is 9.79. The molecule has 4 aromatic rings. The van der Waals surface area contributed by atoms with Crippen molar-refractivity contribution in [3.05, 3.63) is 98.9 Å². The third-order valence-electron chi connectivity index (χ3n) is 7.17. The van der Waals surface area contributed by atoms with E-state index in [9.17, 15) is 9.59 Å². The third kappa shape index (κ3) is 5.09. The van der Waals surface area contributed by atoms with Crippen molar-refractivity contribution in [1.29, 1.82) is 0 Å². The van der Waals surface area contributed by atoms with E-state index in [4.69, 9.17) is 18.6 Å². The van der Waals surface area contributed by atoms with Gasteiger partial charge in [-0.25, -0.2) is 0 Å². The first-order valence-electron chi connectivity index (χ1n) is 13.3. The lowest BCUT2D eigenvalue weighted by atomic mass is 9.98. The number of methoxy groups -OCH3 is 2. The minimum atomic E-state index is -0.571. The maximum atomic E-state index is 13.8. The number of carbonyl (C=O) groups excluding carboxylic acids is 1. The monoisotopic (exact) mass is 527 g/mol. The van der Waals surface area contributed by atoms with Crippen LogP contribution in [0.3, 0.4) is 0 Å². The number of amides is 1. The first-order chi connectivity index (χ1) is 18.9. The second kappa shape index (κ2) is 11.2. The summed E-state index contributed by atoms with van der Waals surface area (Å²) in [6, 6.07) is 18.2. The highest BCUT2D eigenvalue weighted by atomic mass is 16.5. The lowest BCUT2D eigenvalue weighted by Crippen LogP contribution is -2.31. The molecule has 0 spiro atoms. The van der Waals surface area contributed by atoms with Gasteiger partial charge in [-0.1, -0.05) is 43.2 Å². The Bertz CT molecular complexity index is 1560. The fourth-order valence-electron chi connectivity index (χ4n) is 5.08. The molecule has 1 aromatic heterocycles. The number of carbonyl (C=O) groups is 1. The molecule has 1 amide bonds. The first kappa shape index (κ1) is 26.4. The van der Waals surface area contributed by atoms with Crippen LogP contribution in [0.1, 0.15) is 58.6 Å². The van der Waals surface area contributed by atoms with Crippen molar-refractivity contribution in [1.82, 2.24) is 4.90 Å². The first-order valence-corrected chi connectivity index (χ1v) is 13.3. The van der Waals surface area contributed by atoms with Gasteiger partial charge >= 0.3 is 0 Å². The number of nitrogens with zero attached hydrogens (tertiary/aromatic N) is 1. The molecule has 202 valence electrons. The van der Waals surface area contributed by atoms with Gasteiger partial charge < -0.3 is 23.5 Å². The minimum Gasteiger partial charge on any atom is -0.494 e. The van der Waals surface area contributed by atoms with Crippen molar-refractivity contribution >= 4 is 16.9 Å². The quantitative estimate of drug-likeness (QED) is 0.233. The SMILES string of the molecule is CCCCOc1ccc(C2c3c(oc4ccc(C)cc4c3=O)C(=O)N2CCc2ccc(OC)c(OC)c2)cc1. The van der Waals surface area contributed by atoms with E-state index in [0.717, 1.165) is 35.3 Å². The standard InChI is InChI=1S/C32H33NO6/c1-5-6-17-38-23-11-9-22(10-12-23)29-28-30(34)24-18-20(2)7-13-25(24)39-31(28)32(35)33(29)16-15-21-8-14-26(36-3)27(19-21)37-4/h7-14,18-19,29H,5-6,15-17H2,1-4H3. The fourth-order valence-corrected chi connectivity index (χ4v) is 5.08. The van der Waals surface area contributed by atoms with Crippen molar-refractivity contribution in [2.24, 2.45) is 0 Å². The molecule has 0 aliphatic carbocycles. The van der Waals surface area contributed by atoms with Crippen LogP contribution < -0.4 is 19.6 Å². The summed E-state index contributed by atoms with van der Waals surface area (Å²) in [4.78, 5) is 29.3. The van der Waals surface area contributed by atoms with Crippen molar-refractivity contribution in [2.75, 3.05) is 27.4 Å². The number of ether oxygens (including phenoxy) is 3. The maximum absolute atomic E-state index is 13.8. The van der Waals surface area contributed by atoms with Gasteiger partial charge in [0.05, 0.1) is 37.8 Å². The van der Waals surface area contributed by atoms with Crippen LogP contribution in [0.2, 0.25) is 0 Å². The van der Waals surface area contributed by atoms with E-state index in [0.29, 0.717) is 47.6 Å². The van der Waals surface area contributed by atoms with E-state index in [1.807, 2.05) is 61.5 Å². The number of aryl methyl sites for hydroxylation is 1. The van der Waals surface area contributed by atoms with Gasteiger partial charge in [-0.15, -0.1) is 0 Å². The Balaban J connectivity index is 1.54. The van der Waals surface area contributed by atoms with E-state index in [1.54, 1.807) is 25.2 Å². The highest BCUT2D eigenvalue weighted by Gasteiger charge is 2.42. The van der Waals surface area contributed by atoms with Crippen molar-refractivity contribution in [3.63, 3.8) is 0 Å². The second-order valence-electron chi connectivity index (χ2n) is 9.79. The summed E-state index contributed by atoms with van der Waals surface area (Å²) in [7, 11) is 3.19. The van der Waals surface area contributed by atoms with Crippen LogP contribution in [0.15, 0.2) is 69.9 Å². The summed E-state index contributed by atoms with van der Waals surface area (Å²) in [5.74, 6) is 1.84. The summed E-state index contributed by atoms with van der Waals surface area (Å²) in [5.41, 5.74) is 3.38. The number of rotatable bonds is 10. The van der Waals surface area contributed by atoms with E-state index in [2.05, 4.69) is 6.92 Å². The van der Waals surface area contributed by atoms with Crippen LogP contribution in [-0.4, -0.2) is 38.2 Å². The Morgan fingerprint density at radius 3 is 2.41 bits per heavy atom. The molecular formula is C32H33NO6. The molecule has 5 rings (SSSR count). The predicted molar refractivity (Wildman–Crippen MR) is 150 cm³/mol. The Kier molecular flexibility index (Phi) is 7.59. The average Bonchev–Trinajstić information content (AvgIpc) is 3.24. The van der Waals surface area contributed by atoms with E-state index >= 15 is 0 Å². The van der Waals surface area contributed by atoms with E-state index in [1.165, 1.54) is 0 Å². The average molecular weight is 528 g/mol. The minimum absolute atomic E-state index is 0.108. The van der Waals surface area contributed by atoms with Gasteiger partial charge in [0.25, 0.3) is 5.91 Å². The molecule has 0 saturated carbocycles. The molecule has 0 N–H and O–H groups in total. The number of unbranched alkanes of at least 4 members (excludes halogenated alkanes) is 1. The molecule has 1 aliphatic heterocycles. The fraction of sp³-hybridized carbons (Fsp3) is 0.312. The molecule has 1 aliphatic rings. The van der Waals surface area contributed by atoms with Gasteiger partial charge in [0.15, 0.2) is 16.9 Å². The lowest BCUT2D eigenvalue weighted by Gasteiger charge is -2.25. The number of fused-ring (bicyclic) bond motifs is 2. The third-order valence-corrected chi connectivity index (χ3v) is 7.17. The summed E-state index contributed by atoms with van der Waals surface area (Å²) in [6.07, 6.45) is 2.59. The van der Waals surface area contributed by atoms with Gasteiger partial charge in [-0.05, 0) is 67.3 Å². The van der Waals surface area contributed by atoms with Crippen LogP contribution in [0.5, 0.6) is 17.2 Å². The Labute approximate surface area is 227 Å². The van der Waals surface area contributed by atoms with Crippen LogP contribution in [-0.2, 0) is 6.42 Å². The van der Waals surface area contributed by atoms with Crippen molar-refractivity contribution < 1.29 is 23.4 Å². The zero-order chi connectivity index (χ0) is 27.5. The van der Waals surface area contributed by atoms with E-state index < -0.39 is 6.04 Å². The van der Waals surface area contributed by atoms with Crippen molar-refractivity contribution in [2.45, 2.75) is 39.2 Å². The maximum Gasteiger partial charge on any atom is 0.290 e. The van der Waals surface area contributed by atoms with Crippen LogP contribution in [0, 0.1) is 6.92 Å². The topological polar surface area (TPSA) is 78.2 Å².